The number of thioether (sulfide) groups is 1. The van der Waals surface area contributed by atoms with E-state index in [1.807, 2.05) is 60.7 Å². The first-order chi connectivity index (χ1) is 8.40. The lowest BCUT2D eigenvalue weighted by atomic mass is 10.1. The molecule has 0 saturated heterocycles. The van der Waals surface area contributed by atoms with Gasteiger partial charge in [-0.15, -0.1) is 11.8 Å². The van der Waals surface area contributed by atoms with E-state index in [1.165, 1.54) is 4.90 Å². The maximum absolute atomic E-state index is 9.03. The Labute approximate surface area is 105 Å². The van der Waals surface area contributed by atoms with Gasteiger partial charge in [0.25, 0.3) is 0 Å². The number of nitrogens with zero attached hydrogens (tertiary/aromatic N) is 1. The van der Waals surface area contributed by atoms with Gasteiger partial charge in [0.1, 0.15) is 0 Å². The summed E-state index contributed by atoms with van der Waals surface area (Å²) in [5.41, 5.74) is 1.65. The molecule has 0 aliphatic heterocycles. The predicted molar refractivity (Wildman–Crippen MR) is 71.9 cm³/mol. The van der Waals surface area contributed by atoms with E-state index in [1.54, 1.807) is 11.8 Å². The summed E-state index contributed by atoms with van der Waals surface area (Å²) in [7, 11) is 0. The van der Waals surface area contributed by atoms with Crippen LogP contribution in [0.3, 0.4) is 0 Å². The molecule has 0 aliphatic rings. The van der Waals surface area contributed by atoms with Gasteiger partial charge in [0.15, 0.2) is 0 Å². The molecule has 86 valence electrons. The van der Waals surface area contributed by atoms with Crippen LogP contribution < -0.4 is 0 Å². The van der Waals surface area contributed by atoms with Crippen molar-refractivity contribution in [3.63, 3.8) is 0 Å². The minimum absolute atomic E-state index is 0.657. The van der Waals surface area contributed by atoms with Crippen molar-refractivity contribution in [2.45, 2.75) is 4.90 Å². The van der Waals surface area contributed by atoms with Crippen molar-refractivity contribution in [1.82, 2.24) is 0 Å². The van der Waals surface area contributed by atoms with Crippen molar-refractivity contribution in [3.05, 3.63) is 66.2 Å². The number of rotatable bonds is 4. The Bertz CT molecular complexity index is 482. The maximum atomic E-state index is 9.03. The molecule has 0 heterocycles. The largest absolute Gasteiger partial charge is 0.411 e. The van der Waals surface area contributed by atoms with Gasteiger partial charge >= 0.3 is 0 Å². The van der Waals surface area contributed by atoms with Crippen LogP contribution in [-0.2, 0) is 0 Å². The summed E-state index contributed by atoms with van der Waals surface area (Å²) < 4.78 is 0. The third-order valence-corrected chi connectivity index (χ3v) is 3.37. The smallest absolute Gasteiger partial charge is 0.0970 e. The van der Waals surface area contributed by atoms with Crippen molar-refractivity contribution in [3.8, 4) is 0 Å². The third kappa shape index (κ3) is 3.36. The Morgan fingerprint density at radius 1 is 0.941 bits per heavy atom. The molecule has 2 nitrogen and oxygen atoms in total. The van der Waals surface area contributed by atoms with Gasteiger partial charge in [0.2, 0.25) is 0 Å². The van der Waals surface area contributed by atoms with E-state index in [4.69, 9.17) is 5.21 Å². The molecule has 2 rings (SSSR count). The molecule has 0 saturated carbocycles. The highest BCUT2D eigenvalue weighted by Gasteiger charge is 2.04. The molecule has 0 spiro atoms. The Kier molecular flexibility index (Phi) is 4.22. The van der Waals surface area contributed by atoms with Gasteiger partial charge in [-0.1, -0.05) is 53.7 Å². The first-order valence-electron chi connectivity index (χ1n) is 5.34. The number of benzene rings is 2. The van der Waals surface area contributed by atoms with Crippen LogP contribution in [0.5, 0.6) is 0 Å². The molecule has 0 unspecified atom stereocenters. The summed E-state index contributed by atoms with van der Waals surface area (Å²) >= 11 is 1.66. The molecule has 3 heteroatoms. The van der Waals surface area contributed by atoms with Crippen LogP contribution in [0.1, 0.15) is 5.56 Å². The maximum Gasteiger partial charge on any atom is 0.0970 e. The highest BCUT2D eigenvalue weighted by molar-refractivity contribution is 8.00. The zero-order valence-corrected chi connectivity index (χ0v) is 10.1. The molecule has 17 heavy (non-hydrogen) atoms. The molecule has 0 amide bonds. The highest BCUT2D eigenvalue weighted by atomic mass is 32.2. The minimum Gasteiger partial charge on any atom is -0.411 e. The van der Waals surface area contributed by atoms with Crippen LogP contribution in [0, 0.1) is 0 Å². The second-order valence-electron chi connectivity index (χ2n) is 3.51. The summed E-state index contributed by atoms with van der Waals surface area (Å²) in [5, 5.41) is 12.4. The van der Waals surface area contributed by atoms with Crippen molar-refractivity contribution in [1.29, 1.82) is 0 Å². The van der Waals surface area contributed by atoms with E-state index < -0.39 is 0 Å². The SMILES string of the molecule is O/N=C(/CSc1ccccc1)c1ccccc1. The van der Waals surface area contributed by atoms with Gasteiger partial charge in [-0.2, -0.15) is 0 Å². The van der Waals surface area contributed by atoms with Gasteiger partial charge in [0.05, 0.1) is 5.71 Å². The highest BCUT2D eigenvalue weighted by Crippen LogP contribution is 2.18. The van der Waals surface area contributed by atoms with Gasteiger partial charge in [0, 0.05) is 16.2 Å². The van der Waals surface area contributed by atoms with Crippen LogP contribution >= 0.6 is 11.8 Å². The second-order valence-corrected chi connectivity index (χ2v) is 4.56. The monoisotopic (exact) mass is 243 g/mol. The van der Waals surface area contributed by atoms with Crippen molar-refractivity contribution >= 4 is 17.5 Å². The molecule has 0 fully saturated rings. The molecule has 0 atom stereocenters. The number of oxime groups is 1. The average Bonchev–Trinajstić information content (AvgIpc) is 2.42. The van der Waals surface area contributed by atoms with Crippen molar-refractivity contribution in [2.24, 2.45) is 5.16 Å². The van der Waals surface area contributed by atoms with Crippen LogP contribution in [0.15, 0.2) is 70.7 Å². The standard InChI is InChI=1S/C14H13NOS/c16-15-14(12-7-3-1-4-8-12)11-17-13-9-5-2-6-10-13/h1-10,16H,11H2/b15-14-. The summed E-state index contributed by atoms with van der Waals surface area (Å²) in [4.78, 5) is 1.17. The minimum atomic E-state index is 0.657. The quantitative estimate of drug-likeness (QED) is 0.385. The van der Waals surface area contributed by atoms with E-state index >= 15 is 0 Å². The van der Waals surface area contributed by atoms with Gasteiger partial charge in [-0.25, -0.2) is 0 Å². The predicted octanol–water partition coefficient (Wildman–Crippen LogP) is 3.66. The third-order valence-electron chi connectivity index (χ3n) is 2.35. The Morgan fingerprint density at radius 2 is 1.53 bits per heavy atom. The molecule has 0 bridgehead atoms. The molecule has 0 aromatic heterocycles. The van der Waals surface area contributed by atoms with E-state index in [2.05, 4.69) is 5.16 Å². The zero-order chi connectivity index (χ0) is 11.9. The fourth-order valence-corrected chi connectivity index (χ4v) is 2.35. The normalized spacial score (nSPS) is 11.4. The van der Waals surface area contributed by atoms with Crippen LogP contribution in [-0.4, -0.2) is 16.7 Å². The van der Waals surface area contributed by atoms with Crippen LogP contribution in [0.4, 0.5) is 0 Å². The lowest BCUT2D eigenvalue weighted by Gasteiger charge is -2.04. The molecule has 0 radical (unpaired) electrons. The summed E-state index contributed by atoms with van der Waals surface area (Å²) in [6.45, 7) is 0. The molecule has 2 aromatic rings. The average molecular weight is 243 g/mol. The molecule has 1 N–H and O–H groups in total. The second kappa shape index (κ2) is 6.11. The molecule has 2 aromatic carbocycles. The van der Waals surface area contributed by atoms with Crippen molar-refractivity contribution < 1.29 is 5.21 Å². The first-order valence-corrected chi connectivity index (χ1v) is 6.33. The lowest BCUT2D eigenvalue weighted by molar-refractivity contribution is 0.319. The fourth-order valence-electron chi connectivity index (χ4n) is 1.47. The Morgan fingerprint density at radius 3 is 2.12 bits per heavy atom. The number of hydrogen-bond donors (Lipinski definition) is 1. The van der Waals surface area contributed by atoms with Gasteiger partial charge in [-0.05, 0) is 12.1 Å². The zero-order valence-electron chi connectivity index (χ0n) is 9.28. The lowest BCUT2D eigenvalue weighted by Crippen LogP contribution is -2.03. The number of hydrogen-bond acceptors (Lipinski definition) is 3. The van der Waals surface area contributed by atoms with Gasteiger partial charge in [-0.3, -0.25) is 0 Å². The first kappa shape index (κ1) is 11.7. The van der Waals surface area contributed by atoms with Crippen LogP contribution in [0.2, 0.25) is 0 Å². The fraction of sp³-hybridized carbons (Fsp3) is 0.0714. The summed E-state index contributed by atoms with van der Waals surface area (Å²) in [6.07, 6.45) is 0. The Balaban J connectivity index is 2.03. The van der Waals surface area contributed by atoms with Crippen LogP contribution in [0.25, 0.3) is 0 Å². The van der Waals surface area contributed by atoms with E-state index in [-0.39, 0.29) is 0 Å². The summed E-state index contributed by atoms with van der Waals surface area (Å²) in [5.74, 6) is 0.657. The summed E-state index contributed by atoms with van der Waals surface area (Å²) in [6, 6.07) is 19.8. The Hall–Kier alpha value is -1.74. The topological polar surface area (TPSA) is 32.6 Å². The van der Waals surface area contributed by atoms with E-state index in [0.717, 1.165) is 5.56 Å². The van der Waals surface area contributed by atoms with Crippen molar-refractivity contribution in [2.75, 3.05) is 5.75 Å². The van der Waals surface area contributed by atoms with E-state index in [9.17, 15) is 0 Å². The van der Waals surface area contributed by atoms with Gasteiger partial charge < -0.3 is 5.21 Å². The molecule has 0 aliphatic carbocycles. The molecular weight excluding hydrogens is 230 g/mol. The van der Waals surface area contributed by atoms with E-state index in [0.29, 0.717) is 11.5 Å². The molecular formula is C14H13NOS.